The van der Waals surface area contributed by atoms with E-state index in [0.29, 0.717) is 5.92 Å². The third-order valence-electron chi connectivity index (χ3n) is 3.25. The molecule has 1 aromatic rings. The summed E-state index contributed by atoms with van der Waals surface area (Å²) in [6.45, 7) is 7.04. The molecule has 1 fully saturated rings. The van der Waals surface area contributed by atoms with E-state index in [9.17, 15) is 4.79 Å². The number of aromatic nitrogens is 2. The fraction of sp³-hybridized carbons (Fsp3) is 0.750. The van der Waals surface area contributed by atoms with Crippen molar-refractivity contribution in [2.24, 2.45) is 5.92 Å². The van der Waals surface area contributed by atoms with Crippen molar-refractivity contribution in [2.45, 2.75) is 26.4 Å². The van der Waals surface area contributed by atoms with Crippen LogP contribution >= 0.6 is 0 Å². The van der Waals surface area contributed by atoms with E-state index in [1.165, 1.54) is 0 Å². The number of hydrogen-bond donors (Lipinski definition) is 1. The van der Waals surface area contributed by atoms with Gasteiger partial charge in [-0.3, -0.25) is 9.13 Å². The van der Waals surface area contributed by atoms with E-state index in [1.807, 2.05) is 19.3 Å². The van der Waals surface area contributed by atoms with Crippen LogP contribution < -0.4 is 11.0 Å². The first-order valence-electron chi connectivity index (χ1n) is 6.35. The van der Waals surface area contributed by atoms with Gasteiger partial charge in [0.1, 0.15) is 0 Å². The Balaban J connectivity index is 1.70. The summed E-state index contributed by atoms with van der Waals surface area (Å²) in [5.41, 5.74) is 0.0819. The van der Waals surface area contributed by atoms with Crippen molar-refractivity contribution in [3.63, 3.8) is 0 Å². The van der Waals surface area contributed by atoms with Crippen LogP contribution in [0.3, 0.4) is 0 Å². The Hall–Kier alpha value is -1.07. The molecule has 0 aliphatic carbocycles. The maximum Gasteiger partial charge on any atom is 0.328 e. The third-order valence-corrected chi connectivity index (χ3v) is 3.25. The molecule has 1 unspecified atom stereocenters. The third kappa shape index (κ3) is 3.20. The number of rotatable bonds is 6. The van der Waals surface area contributed by atoms with Crippen LogP contribution in [0.2, 0.25) is 0 Å². The number of nitrogens with zero attached hydrogens (tertiary/aromatic N) is 2. The van der Waals surface area contributed by atoms with Crippen molar-refractivity contribution in [3.05, 3.63) is 22.9 Å². The lowest BCUT2D eigenvalue weighted by atomic mass is 10.1. The van der Waals surface area contributed by atoms with Gasteiger partial charge in [0.25, 0.3) is 0 Å². The van der Waals surface area contributed by atoms with E-state index < -0.39 is 0 Å². The highest BCUT2D eigenvalue weighted by atomic mass is 16.5. The smallest absolute Gasteiger partial charge is 0.328 e. The Morgan fingerprint density at radius 2 is 2.29 bits per heavy atom. The first-order valence-corrected chi connectivity index (χ1v) is 6.35. The zero-order chi connectivity index (χ0) is 12.1. The lowest BCUT2D eigenvalue weighted by Crippen LogP contribution is -2.30. The van der Waals surface area contributed by atoms with Crippen LogP contribution in [0, 0.1) is 5.92 Å². The van der Waals surface area contributed by atoms with Gasteiger partial charge in [0.05, 0.1) is 6.61 Å². The summed E-state index contributed by atoms with van der Waals surface area (Å²) in [5.74, 6) is 0.645. The largest absolute Gasteiger partial charge is 0.381 e. The fourth-order valence-corrected chi connectivity index (χ4v) is 2.11. The zero-order valence-electron chi connectivity index (χ0n) is 10.4. The lowest BCUT2D eigenvalue weighted by molar-refractivity contribution is 0.185. The second-order valence-electron chi connectivity index (χ2n) is 4.49. The summed E-state index contributed by atoms with van der Waals surface area (Å²) in [6, 6.07) is 0. The van der Waals surface area contributed by atoms with Gasteiger partial charge in [-0.05, 0) is 19.3 Å². The molecular formula is C12H21N3O2. The predicted octanol–water partition coefficient (Wildman–Crippen LogP) is 0.296. The molecule has 0 spiro atoms. The fourth-order valence-electron chi connectivity index (χ4n) is 2.11. The van der Waals surface area contributed by atoms with Crippen LogP contribution in [0.25, 0.3) is 0 Å². The topological polar surface area (TPSA) is 48.2 Å². The van der Waals surface area contributed by atoms with Crippen molar-refractivity contribution >= 4 is 0 Å². The van der Waals surface area contributed by atoms with Gasteiger partial charge < -0.3 is 10.1 Å². The summed E-state index contributed by atoms with van der Waals surface area (Å²) in [4.78, 5) is 11.7. The van der Waals surface area contributed by atoms with Crippen LogP contribution in [0.1, 0.15) is 13.3 Å². The number of imidazole rings is 1. The molecule has 0 radical (unpaired) electrons. The number of aryl methyl sites for hydroxylation is 1. The van der Waals surface area contributed by atoms with Gasteiger partial charge >= 0.3 is 5.69 Å². The quantitative estimate of drug-likeness (QED) is 0.726. The average molecular weight is 239 g/mol. The monoisotopic (exact) mass is 239 g/mol. The Labute approximate surface area is 101 Å². The summed E-state index contributed by atoms with van der Waals surface area (Å²) >= 11 is 0. The van der Waals surface area contributed by atoms with Crippen LogP contribution in [-0.2, 0) is 17.8 Å². The number of hydrogen-bond acceptors (Lipinski definition) is 3. The Bertz CT molecular complexity index is 391. The Morgan fingerprint density at radius 1 is 1.47 bits per heavy atom. The van der Waals surface area contributed by atoms with Crippen molar-refractivity contribution in [3.8, 4) is 0 Å². The van der Waals surface area contributed by atoms with E-state index in [2.05, 4.69) is 5.32 Å². The molecule has 1 N–H and O–H groups in total. The van der Waals surface area contributed by atoms with E-state index in [-0.39, 0.29) is 5.69 Å². The van der Waals surface area contributed by atoms with E-state index in [1.54, 1.807) is 9.13 Å². The number of nitrogens with one attached hydrogen (secondary N) is 1. The first-order chi connectivity index (χ1) is 8.31. The molecular weight excluding hydrogens is 218 g/mol. The molecule has 17 heavy (non-hydrogen) atoms. The van der Waals surface area contributed by atoms with Gasteiger partial charge in [0.2, 0.25) is 0 Å². The molecule has 0 amide bonds. The molecule has 1 atom stereocenters. The van der Waals surface area contributed by atoms with Crippen molar-refractivity contribution < 1.29 is 4.74 Å². The number of ether oxygens (including phenoxy) is 1. The minimum Gasteiger partial charge on any atom is -0.381 e. The lowest BCUT2D eigenvalue weighted by Gasteiger charge is -2.09. The van der Waals surface area contributed by atoms with E-state index >= 15 is 0 Å². The molecule has 1 saturated heterocycles. The van der Waals surface area contributed by atoms with Gasteiger partial charge in [-0.2, -0.15) is 0 Å². The molecule has 0 saturated carbocycles. The Morgan fingerprint density at radius 3 is 2.94 bits per heavy atom. The second kappa shape index (κ2) is 6.02. The van der Waals surface area contributed by atoms with E-state index in [0.717, 1.165) is 45.8 Å². The van der Waals surface area contributed by atoms with Gasteiger partial charge in [-0.1, -0.05) is 0 Å². The van der Waals surface area contributed by atoms with Gasteiger partial charge in [-0.15, -0.1) is 0 Å². The van der Waals surface area contributed by atoms with Gasteiger partial charge in [-0.25, -0.2) is 4.79 Å². The van der Waals surface area contributed by atoms with Crippen molar-refractivity contribution in [2.75, 3.05) is 26.3 Å². The molecule has 1 aliphatic rings. The molecule has 5 heteroatoms. The second-order valence-corrected chi connectivity index (χ2v) is 4.49. The van der Waals surface area contributed by atoms with Crippen LogP contribution in [0.4, 0.5) is 0 Å². The molecule has 1 aromatic heterocycles. The molecule has 96 valence electrons. The SMILES string of the molecule is CCn1ccn(CCNCC2CCOC2)c1=O. The van der Waals surface area contributed by atoms with Crippen molar-refractivity contribution in [1.82, 2.24) is 14.5 Å². The van der Waals surface area contributed by atoms with Gasteiger partial charge in [0, 0.05) is 45.2 Å². The molecule has 0 bridgehead atoms. The summed E-state index contributed by atoms with van der Waals surface area (Å²) in [5, 5.41) is 3.38. The minimum atomic E-state index is 0.0819. The van der Waals surface area contributed by atoms with Crippen LogP contribution in [0.5, 0.6) is 0 Å². The molecule has 2 rings (SSSR count). The van der Waals surface area contributed by atoms with Gasteiger partial charge in [0.15, 0.2) is 0 Å². The standard InChI is InChI=1S/C12H21N3O2/c1-2-14-6-7-15(12(14)16)5-4-13-9-11-3-8-17-10-11/h6-7,11,13H,2-5,8-10H2,1H3. The highest BCUT2D eigenvalue weighted by Crippen LogP contribution is 2.10. The Kier molecular flexibility index (Phi) is 4.39. The molecule has 1 aliphatic heterocycles. The highest BCUT2D eigenvalue weighted by molar-refractivity contribution is 4.81. The maximum atomic E-state index is 11.7. The first kappa shape index (κ1) is 12.4. The highest BCUT2D eigenvalue weighted by Gasteiger charge is 2.14. The summed E-state index contributed by atoms with van der Waals surface area (Å²) in [6.07, 6.45) is 4.85. The van der Waals surface area contributed by atoms with Crippen LogP contribution in [0.15, 0.2) is 17.2 Å². The summed E-state index contributed by atoms with van der Waals surface area (Å²) < 4.78 is 8.78. The zero-order valence-corrected chi connectivity index (χ0v) is 10.4. The summed E-state index contributed by atoms with van der Waals surface area (Å²) in [7, 11) is 0. The minimum absolute atomic E-state index is 0.0819. The van der Waals surface area contributed by atoms with E-state index in [4.69, 9.17) is 4.74 Å². The maximum absolute atomic E-state index is 11.7. The normalized spacial score (nSPS) is 19.9. The molecule has 0 aromatic carbocycles. The van der Waals surface area contributed by atoms with Crippen LogP contribution in [-0.4, -0.2) is 35.4 Å². The van der Waals surface area contributed by atoms with Crippen molar-refractivity contribution in [1.29, 1.82) is 0 Å². The molecule has 5 nitrogen and oxygen atoms in total. The predicted molar refractivity (Wildman–Crippen MR) is 66.2 cm³/mol. The average Bonchev–Trinajstić information content (AvgIpc) is 2.95. The molecule has 2 heterocycles.